The van der Waals surface area contributed by atoms with Crippen LogP contribution in [0.25, 0.3) is 0 Å². The molecular formula is C18H29N3O2. The lowest BCUT2D eigenvalue weighted by molar-refractivity contribution is -0.0704. The van der Waals surface area contributed by atoms with Gasteiger partial charge in [0.15, 0.2) is 0 Å². The van der Waals surface area contributed by atoms with Gasteiger partial charge >= 0.3 is 0 Å². The maximum atomic E-state index is 12.3. The van der Waals surface area contributed by atoms with Gasteiger partial charge in [-0.05, 0) is 38.6 Å². The van der Waals surface area contributed by atoms with Crippen LogP contribution in [0.2, 0.25) is 0 Å². The zero-order valence-electron chi connectivity index (χ0n) is 14.7. The summed E-state index contributed by atoms with van der Waals surface area (Å²) in [5.41, 5.74) is 1.98. The molecule has 128 valence electrons. The van der Waals surface area contributed by atoms with Crippen LogP contribution in [0.15, 0.2) is 24.3 Å². The van der Waals surface area contributed by atoms with Crippen molar-refractivity contribution < 1.29 is 9.53 Å². The summed E-state index contributed by atoms with van der Waals surface area (Å²) in [4.78, 5) is 16.5. The van der Waals surface area contributed by atoms with Crippen molar-refractivity contribution in [3.63, 3.8) is 0 Å². The van der Waals surface area contributed by atoms with Crippen LogP contribution in [0, 0.1) is 0 Å². The number of carbonyl (C=O) groups is 1. The quantitative estimate of drug-likeness (QED) is 0.865. The predicted molar refractivity (Wildman–Crippen MR) is 92.6 cm³/mol. The highest BCUT2D eigenvalue weighted by Gasteiger charge is 2.22. The Bertz CT molecular complexity index is 493. The van der Waals surface area contributed by atoms with Crippen molar-refractivity contribution in [3.05, 3.63) is 35.4 Å². The van der Waals surface area contributed by atoms with E-state index in [1.165, 1.54) is 5.56 Å². The van der Waals surface area contributed by atoms with Gasteiger partial charge in [-0.1, -0.05) is 12.1 Å². The number of carbonyl (C=O) groups excluding carboxylic acids is 1. The standard InChI is InChI=1S/C18H29N3O2/c1-14-11-21(12-15(2)23-14)13-16-5-7-17(8-6-16)18(22)20(4)10-9-19-3/h5-8,14-15,19H,9-13H2,1-4H3. The highest BCUT2D eigenvalue weighted by atomic mass is 16.5. The van der Waals surface area contributed by atoms with Gasteiger partial charge in [-0.15, -0.1) is 0 Å². The minimum absolute atomic E-state index is 0.0698. The fraction of sp³-hybridized carbons (Fsp3) is 0.611. The Morgan fingerprint density at radius 3 is 2.43 bits per heavy atom. The van der Waals surface area contributed by atoms with Gasteiger partial charge in [0, 0.05) is 45.3 Å². The van der Waals surface area contributed by atoms with E-state index in [1.54, 1.807) is 4.90 Å². The van der Waals surface area contributed by atoms with Gasteiger partial charge in [-0.25, -0.2) is 0 Å². The summed E-state index contributed by atoms with van der Waals surface area (Å²) in [6.45, 7) is 8.56. The van der Waals surface area contributed by atoms with E-state index in [-0.39, 0.29) is 18.1 Å². The molecule has 0 aromatic heterocycles. The zero-order chi connectivity index (χ0) is 16.8. The van der Waals surface area contributed by atoms with E-state index in [0.29, 0.717) is 6.54 Å². The predicted octanol–water partition coefficient (Wildman–Crippen LogP) is 1.59. The Balaban J connectivity index is 1.92. The van der Waals surface area contributed by atoms with E-state index in [2.05, 4.69) is 36.2 Å². The van der Waals surface area contributed by atoms with E-state index in [9.17, 15) is 4.79 Å². The van der Waals surface area contributed by atoms with Crippen LogP contribution >= 0.6 is 0 Å². The number of nitrogens with zero attached hydrogens (tertiary/aromatic N) is 2. The number of amides is 1. The second-order valence-corrected chi connectivity index (χ2v) is 6.48. The van der Waals surface area contributed by atoms with E-state index in [1.807, 2.05) is 26.2 Å². The van der Waals surface area contributed by atoms with Crippen molar-refractivity contribution in [2.24, 2.45) is 0 Å². The Morgan fingerprint density at radius 2 is 1.87 bits per heavy atom. The second-order valence-electron chi connectivity index (χ2n) is 6.48. The van der Waals surface area contributed by atoms with Crippen LogP contribution in [-0.4, -0.2) is 68.2 Å². The van der Waals surface area contributed by atoms with Crippen molar-refractivity contribution >= 4 is 5.91 Å². The van der Waals surface area contributed by atoms with Crippen LogP contribution < -0.4 is 5.32 Å². The molecule has 0 saturated carbocycles. The van der Waals surface area contributed by atoms with Gasteiger partial charge in [0.25, 0.3) is 5.91 Å². The average Bonchev–Trinajstić information content (AvgIpc) is 2.51. The SMILES string of the molecule is CNCCN(C)C(=O)c1ccc(CN2CC(C)OC(C)C2)cc1. The molecule has 1 amide bonds. The molecule has 0 radical (unpaired) electrons. The molecule has 1 heterocycles. The number of ether oxygens (including phenoxy) is 1. The zero-order valence-corrected chi connectivity index (χ0v) is 14.7. The number of morpholine rings is 1. The third-order valence-corrected chi connectivity index (χ3v) is 4.15. The van der Waals surface area contributed by atoms with Crippen molar-refractivity contribution in [3.8, 4) is 0 Å². The summed E-state index contributed by atoms with van der Waals surface area (Å²) in [5.74, 6) is 0.0698. The van der Waals surface area contributed by atoms with Gasteiger partial charge in [-0.3, -0.25) is 9.69 Å². The first kappa shape index (κ1) is 17.9. The summed E-state index contributed by atoms with van der Waals surface area (Å²) in [6.07, 6.45) is 0.556. The molecule has 1 aliphatic rings. The van der Waals surface area contributed by atoms with E-state index in [0.717, 1.165) is 31.7 Å². The smallest absolute Gasteiger partial charge is 0.253 e. The molecule has 1 aliphatic heterocycles. The molecule has 0 spiro atoms. The molecule has 1 fully saturated rings. The molecule has 5 nitrogen and oxygen atoms in total. The molecule has 2 atom stereocenters. The molecule has 23 heavy (non-hydrogen) atoms. The van der Waals surface area contributed by atoms with Crippen LogP contribution in [0.4, 0.5) is 0 Å². The summed E-state index contributed by atoms with van der Waals surface area (Å²) in [5, 5.41) is 3.06. The number of nitrogens with one attached hydrogen (secondary N) is 1. The van der Waals surface area contributed by atoms with Gasteiger partial charge in [0.2, 0.25) is 0 Å². The van der Waals surface area contributed by atoms with Gasteiger partial charge in [0.1, 0.15) is 0 Å². The van der Waals surface area contributed by atoms with Crippen LogP contribution in [0.5, 0.6) is 0 Å². The minimum atomic E-state index is 0.0698. The largest absolute Gasteiger partial charge is 0.373 e. The Labute approximate surface area is 139 Å². The first-order valence-electron chi connectivity index (χ1n) is 8.36. The lowest BCUT2D eigenvalue weighted by Crippen LogP contribution is -2.44. The maximum absolute atomic E-state index is 12.3. The third kappa shape index (κ3) is 5.30. The third-order valence-electron chi connectivity index (χ3n) is 4.15. The molecule has 0 aliphatic carbocycles. The fourth-order valence-electron chi connectivity index (χ4n) is 3.03. The first-order valence-corrected chi connectivity index (χ1v) is 8.36. The Morgan fingerprint density at radius 1 is 1.26 bits per heavy atom. The van der Waals surface area contributed by atoms with E-state index < -0.39 is 0 Å². The summed E-state index contributed by atoms with van der Waals surface area (Å²) < 4.78 is 5.77. The number of rotatable bonds is 6. The molecule has 2 unspecified atom stereocenters. The number of benzene rings is 1. The number of hydrogen-bond donors (Lipinski definition) is 1. The second kappa shape index (κ2) is 8.43. The molecule has 1 N–H and O–H groups in total. The molecule has 1 aromatic carbocycles. The van der Waals surface area contributed by atoms with E-state index >= 15 is 0 Å². The van der Waals surface area contributed by atoms with Crippen molar-refractivity contribution in [2.75, 3.05) is 40.3 Å². The maximum Gasteiger partial charge on any atom is 0.253 e. The van der Waals surface area contributed by atoms with Crippen molar-refractivity contribution in [1.82, 2.24) is 15.1 Å². The fourth-order valence-corrected chi connectivity index (χ4v) is 3.03. The number of hydrogen-bond acceptors (Lipinski definition) is 4. The lowest BCUT2D eigenvalue weighted by atomic mass is 10.1. The van der Waals surface area contributed by atoms with Crippen LogP contribution in [0.3, 0.4) is 0 Å². The van der Waals surface area contributed by atoms with Crippen molar-refractivity contribution in [1.29, 1.82) is 0 Å². The van der Waals surface area contributed by atoms with Gasteiger partial charge < -0.3 is 15.0 Å². The summed E-state index contributed by atoms with van der Waals surface area (Å²) >= 11 is 0. The molecule has 1 aromatic rings. The molecule has 2 rings (SSSR count). The molecule has 0 bridgehead atoms. The number of likely N-dealkylation sites (N-methyl/N-ethyl adjacent to an activating group) is 2. The van der Waals surface area contributed by atoms with Crippen LogP contribution in [0.1, 0.15) is 29.8 Å². The Hall–Kier alpha value is -1.43. The highest BCUT2D eigenvalue weighted by molar-refractivity contribution is 5.94. The minimum Gasteiger partial charge on any atom is -0.373 e. The lowest BCUT2D eigenvalue weighted by Gasteiger charge is -2.35. The van der Waals surface area contributed by atoms with Gasteiger partial charge in [0.05, 0.1) is 12.2 Å². The normalized spacial score (nSPS) is 22.1. The van der Waals surface area contributed by atoms with Gasteiger partial charge in [-0.2, -0.15) is 0 Å². The van der Waals surface area contributed by atoms with Crippen molar-refractivity contribution in [2.45, 2.75) is 32.6 Å². The average molecular weight is 319 g/mol. The van der Waals surface area contributed by atoms with Crippen LogP contribution in [-0.2, 0) is 11.3 Å². The molecular weight excluding hydrogens is 290 g/mol. The highest BCUT2D eigenvalue weighted by Crippen LogP contribution is 2.15. The summed E-state index contributed by atoms with van der Waals surface area (Å²) in [7, 11) is 3.73. The first-order chi connectivity index (χ1) is 11.0. The molecule has 5 heteroatoms. The summed E-state index contributed by atoms with van der Waals surface area (Å²) in [6, 6.07) is 7.98. The monoisotopic (exact) mass is 319 g/mol. The molecule has 1 saturated heterocycles. The topological polar surface area (TPSA) is 44.8 Å². The Kier molecular flexibility index (Phi) is 6.57. The van der Waals surface area contributed by atoms with E-state index in [4.69, 9.17) is 4.74 Å².